The summed E-state index contributed by atoms with van der Waals surface area (Å²) in [4.78, 5) is 26.7. The number of aromatic nitrogens is 6. The van der Waals surface area contributed by atoms with Crippen molar-refractivity contribution in [3.05, 3.63) is 66.0 Å². The number of allylic oxidation sites excluding steroid dienone is 1. The number of likely N-dealkylation sites (tertiary alicyclic amines) is 1. The van der Waals surface area contributed by atoms with E-state index in [0.717, 1.165) is 52.3 Å². The van der Waals surface area contributed by atoms with Gasteiger partial charge < -0.3 is 15.6 Å². The molecule has 0 bridgehead atoms. The van der Waals surface area contributed by atoms with Crippen molar-refractivity contribution in [2.45, 2.75) is 19.9 Å². The van der Waals surface area contributed by atoms with Gasteiger partial charge in [0.15, 0.2) is 11.5 Å². The number of aromatic amines is 2. The summed E-state index contributed by atoms with van der Waals surface area (Å²) in [5, 5.41) is 8.52. The van der Waals surface area contributed by atoms with Gasteiger partial charge >= 0.3 is 0 Å². The van der Waals surface area contributed by atoms with Crippen molar-refractivity contribution in [1.29, 1.82) is 0 Å². The second kappa shape index (κ2) is 8.81. The SMILES string of the molecule is C=CC(=N/C(=C\C)c1cc2c(-c3nc4nccc(-c5ccc(C)s5)c4[nH]3)n[nH]c2cn1)N1CC(N)C1. The van der Waals surface area contributed by atoms with Crippen molar-refractivity contribution in [1.82, 2.24) is 35.0 Å². The minimum absolute atomic E-state index is 0.176. The van der Waals surface area contributed by atoms with Crippen molar-refractivity contribution < 1.29 is 0 Å². The van der Waals surface area contributed by atoms with Crippen LogP contribution in [0.15, 0.2) is 60.4 Å². The molecule has 6 heterocycles. The van der Waals surface area contributed by atoms with Crippen molar-refractivity contribution in [3.8, 4) is 22.0 Å². The molecule has 5 aromatic heterocycles. The number of pyridine rings is 2. The van der Waals surface area contributed by atoms with E-state index in [-0.39, 0.29) is 6.04 Å². The molecule has 0 atom stereocenters. The molecule has 5 aromatic rings. The summed E-state index contributed by atoms with van der Waals surface area (Å²) in [6.07, 6.45) is 7.26. The van der Waals surface area contributed by atoms with Gasteiger partial charge in [0.05, 0.1) is 28.6 Å². The van der Waals surface area contributed by atoms with E-state index in [1.54, 1.807) is 29.8 Å². The fourth-order valence-electron chi connectivity index (χ4n) is 4.38. The van der Waals surface area contributed by atoms with Gasteiger partial charge in [-0.2, -0.15) is 5.10 Å². The Balaban J connectivity index is 1.41. The zero-order valence-corrected chi connectivity index (χ0v) is 20.8. The Morgan fingerprint density at radius 1 is 1.28 bits per heavy atom. The maximum Gasteiger partial charge on any atom is 0.178 e. The quantitative estimate of drug-likeness (QED) is 0.243. The molecule has 6 rings (SSSR count). The summed E-state index contributed by atoms with van der Waals surface area (Å²) in [6, 6.07) is 8.42. The Labute approximate surface area is 211 Å². The number of aryl methyl sites for hydroxylation is 1. The fraction of sp³-hybridized carbons (Fsp3) is 0.192. The molecule has 1 fully saturated rings. The third kappa shape index (κ3) is 3.80. The molecule has 10 heteroatoms. The smallest absolute Gasteiger partial charge is 0.178 e. The van der Waals surface area contributed by atoms with E-state index in [1.807, 2.05) is 25.1 Å². The molecular formula is C26H25N9S. The maximum atomic E-state index is 5.95. The highest BCUT2D eigenvalue weighted by atomic mass is 32.1. The first-order chi connectivity index (χ1) is 17.5. The van der Waals surface area contributed by atoms with Crippen LogP contribution in [0.5, 0.6) is 0 Å². The number of thiophene rings is 1. The van der Waals surface area contributed by atoms with Crippen LogP contribution in [0.25, 0.3) is 49.7 Å². The van der Waals surface area contributed by atoms with E-state index in [0.29, 0.717) is 17.2 Å². The monoisotopic (exact) mass is 495 g/mol. The van der Waals surface area contributed by atoms with E-state index in [4.69, 9.17) is 15.7 Å². The number of nitrogens with two attached hydrogens (primary N) is 1. The molecule has 9 nitrogen and oxygen atoms in total. The van der Waals surface area contributed by atoms with Crippen LogP contribution < -0.4 is 5.73 Å². The normalized spacial score (nSPS) is 15.1. The molecule has 1 aliphatic heterocycles. The minimum atomic E-state index is 0.176. The number of hydrogen-bond donors (Lipinski definition) is 3. The summed E-state index contributed by atoms with van der Waals surface area (Å²) in [5.74, 6) is 1.44. The lowest BCUT2D eigenvalue weighted by Crippen LogP contribution is -2.57. The Morgan fingerprint density at radius 3 is 2.86 bits per heavy atom. The van der Waals surface area contributed by atoms with Crippen LogP contribution in [0.4, 0.5) is 0 Å². The summed E-state index contributed by atoms with van der Waals surface area (Å²) >= 11 is 1.75. The second-order valence-electron chi connectivity index (χ2n) is 8.75. The number of imidazole rings is 1. The summed E-state index contributed by atoms with van der Waals surface area (Å²) in [6.45, 7) is 9.52. The Kier molecular flexibility index (Phi) is 5.46. The predicted molar refractivity (Wildman–Crippen MR) is 146 cm³/mol. The van der Waals surface area contributed by atoms with Crippen molar-refractivity contribution in [3.63, 3.8) is 0 Å². The lowest BCUT2D eigenvalue weighted by Gasteiger charge is -2.38. The molecule has 0 amide bonds. The van der Waals surface area contributed by atoms with E-state index in [9.17, 15) is 0 Å². The average Bonchev–Trinajstić information content (AvgIpc) is 3.60. The second-order valence-corrected chi connectivity index (χ2v) is 10.0. The predicted octanol–water partition coefficient (Wildman–Crippen LogP) is 4.52. The molecular weight excluding hydrogens is 470 g/mol. The summed E-state index contributed by atoms with van der Waals surface area (Å²) in [5.41, 5.74) is 11.6. The topological polar surface area (TPSA) is 125 Å². The molecule has 0 unspecified atom stereocenters. The number of rotatable bonds is 5. The Hall–Kier alpha value is -4.15. The highest BCUT2D eigenvalue weighted by molar-refractivity contribution is 7.15. The summed E-state index contributed by atoms with van der Waals surface area (Å²) < 4.78 is 0. The lowest BCUT2D eigenvalue weighted by atomic mass is 10.1. The average molecular weight is 496 g/mol. The number of hydrogen-bond acceptors (Lipinski definition) is 7. The van der Waals surface area contributed by atoms with Crippen LogP contribution in [0.2, 0.25) is 0 Å². The first-order valence-electron chi connectivity index (χ1n) is 11.7. The highest BCUT2D eigenvalue weighted by Crippen LogP contribution is 2.34. The van der Waals surface area contributed by atoms with Gasteiger partial charge in [-0.1, -0.05) is 12.7 Å². The van der Waals surface area contributed by atoms with Crippen LogP contribution in [0, 0.1) is 6.92 Å². The van der Waals surface area contributed by atoms with E-state index in [2.05, 4.69) is 55.7 Å². The van der Waals surface area contributed by atoms with Crippen LogP contribution >= 0.6 is 11.3 Å². The number of nitrogens with zero attached hydrogens (tertiary/aromatic N) is 6. The highest BCUT2D eigenvalue weighted by Gasteiger charge is 2.25. The van der Waals surface area contributed by atoms with Crippen molar-refractivity contribution >= 4 is 44.9 Å². The molecule has 0 aliphatic carbocycles. The standard InChI is InChI=1S/C26H25N9S/c1-4-18(30-22(5-2)35-12-15(27)13-35)19-10-17-20(11-29-19)33-34-24(17)26-31-23-16(8-9-28-25(23)32-26)21-7-6-14(3)36-21/h4-11,15H,2,12-13,27H2,1,3H3,(H,33,34)(H,28,31,32)/b18-4-,30-22?. The van der Waals surface area contributed by atoms with Gasteiger partial charge in [-0.25, -0.2) is 15.0 Å². The first-order valence-corrected chi connectivity index (χ1v) is 12.5. The molecule has 0 spiro atoms. The Morgan fingerprint density at radius 2 is 2.14 bits per heavy atom. The Bertz CT molecular complexity index is 1660. The number of fused-ring (bicyclic) bond motifs is 2. The molecule has 4 N–H and O–H groups in total. The van der Waals surface area contributed by atoms with Crippen LogP contribution in [0.1, 0.15) is 17.5 Å². The molecule has 180 valence electrons. The van der Waals surface area contributed by atoms with Gasteiger partial charge in [-0.3, -0.25) is 10.1 Å². The first kappa shape index (κ1) is 22.3. The van der Waals surface area contributed by atoms with Crippen molar-refractivity contribution in [2.24, 2.45) is 10.7 Å². The molecule has 0 aromatic carbocycles. The van der Waals surface area contributed by atoms with Gasteiger partial charge in [0.25, 0.3) is 0 Å². The maximum absolute atomic E-state index is 5.95. The molecule has 1 saturated heterocycles. The summed E-state index contributed by atoms with van der Waals surface area (Å²) in [7, 11) is 0. The van der Waals surface area contributed by atoms with Gasteiger partial charge in [0.1, 0.15) is 11.5 Å². The third-order valence-corrected chi connectivity index (χ3v) is 7.29. The van der Waals surface area contributed by atoms with Gasteiger partial charge in [0.2, 0.25) is 0 Å². The van der Waals surface area contributed by atoms with Gasteiger partial charge in [-0.15, -0.1) is 11.3 Å². The zero-order chi connectivity index (χ0) is 24.8. The van der Waals surface area contributed by atoms with E-state index in [1.165, 1.54) is 9.75 Å². The van der Waals surface area contributed by atoms with E-state index < -0.39 is 0 Å². The van der Waals surface area contributed by atoms with Crippen LogP contribution in [-0.2, 0) is 0 Å². The van der Waals surface area contributed by atoms with Crippen LogP contribution in [0.3, 0.4) is 0 Å². The fourth-order valence-corrected chi connectivity index (χ4v) is 5.28. The van der Waals surface area contributed by atoms with Gasteiger partial charge in [0, 0.05) is 46.0 Å². The number of amidine groups is 1. The number of H-pyrrole nitrogens is 2. The molecule has 36 heavy (non-hydrogen) atoms. The minimum Gasteiger partial charge on any atom is -0.353 e. The molecule has 0 saturated carbocycles. The molecule has 0 radical (unpaired) electrons. The van der Waals surface area contributed by atoms with Crippen LogP contribution in [-0.4, -0.2) is 60.0 Å². The molecule has 1 aliphatic rings. The largest absolute Gasteiger partial charge is 0.353 e. The lowest BCUT2D eigenvalue weighted by molar-refractivity contribution is 0.256. The zero-order valence-electron chi connectivity index (χ0n) is 20.0. The van der Waals surface area contributed by atoms with Crippen molar-refractivity contribution in [2.75, 3.05) is 13.1 Å². The number of aliphatic imine (C=N–C) groups is 1. The third-order valence-electron chi connectivity index (χ3n) is 6.26. The van der Waals surface area contributed by atoms with E-state index >= 15 is 0 Å². The van der Waals surface area contributed by atoms with Gasteiger partial charge in [-0.05, 0) is 44.2 Å². The number of nitrogens with one attached hydrogen (secondary N) is 2.